The third-order valence-electron chi connectivity index (χ3n) is 4.27. The fraction of sp³-hybridized carbons (Fsp3) is 0.238. The van der Waals surface area contributed by atoms with E-state index in [1.807, 2.05) is 43.3 Å². The van der Waals surface area contributed by atoms with Gasteiger partial charge in [0.2, 0.25) is 0 Å². The van der Waals surface area contributed by atoms with Crippen molar-refractivity contribution in [1.82, 2.24) is 4.98 Å². The van der Waals surface area contributed by atoms with Gasteiger partial charge in [0, 0.05) is 10.9 Å². The number of fused-ring (bicyclic) bond motifs is 1. The van der Waals surface area contributed by atoms with Crippen LogP contribution in [0.5, 0.6) is 0 Å². The van der Waals surface area contributed by atoms with Crippen molar-refractivity contribution < 1.29 is 9.90 Å². The zero-order chi connectivity index (χ0) is 17.1. The fourth-order valence-corrected chi connectivity index (χ4v) is 2.86. The largest absolute Gasteiger partial charge is 0.478 e. The second-order valence-electron chi connectivity index (χ2n) is 6.18. The van der Waals surface area contributed by atoms with Crippen molar-refractivity contribution >= 4 is 16.9 Å². The second kappa shape index (κ2) is 6.83. The number of aryl methyl sites for hydroxylation is 2. The number of carbonyl (C=O) groups is 1. The van der Waals surface area contributed by atoms with Gasteiger partial charge in [-0.1, -0.05) is 49.2 Å². The monoisotopic (exact) mass is 319 g/mol. The lowest BCUT2D eigenvalue weighted by Crippen LogP contribution is -2.01. The molecule has 0 aliphatic heterocycles. The van der Waals surface area contributed by atoms with E-state index in [2.05, 4.69) is 18.0 Å². The van der Waals surface area contributed by atoms with E-state index in [-0.39, 0.29) is 0 Å². The maximum absolute atomic E-state index is 11.8. The number of carboxylic acid groups (broad SMARTS) is 1. The van der Waals surface area contributed by atoms with Crippen LogP contribution in [-0.4, -0.2) is 16.1 Å². The lowest BCUT2D eigenvalue weighted by molar-refractivity contribution is 0.0699. The first-order valence-electron chi connectivity index (χ1n) is 8.32. The molecule has 0 aliphatic rings. The SMILES string of the molecule is CCCCc1ccc2nc(-c3ccc(C)cc3)cc(C(=O)O)c2c1. The van der Waals surface area contributed by atoms with E-state index >= 15 is 0 Å². The van der Waals surface area contributed by atoms with Crippen LogP contribution in [0.2, 0.25) is 0 Å². The van der Waals surface area contributed by atoms with Gasteiger partial charge >= 0.3 is 5.97 Å². The predicted octanol–water partition coefficient (Wildman–Crippen LogP) is 5.25. The first-order chi connectivity index (χ1) is 11.6. The summed E-state index contributed by atoms with van der Waals surface area (Å²) in [4.78, 5) is 16.4. The molecule has 0 saturated carbocycles. The molecule has 1 aromatic heterocycles. The topological polar surface area (TPSA) is 50.2 Å². The number of carboxylic acids is 1. The van der Waals surface area contributed by atoms with Gasteiger partial charge in [-0.25, -0.2) is 9.78 Å². The van der Waals surface area contributed by atoms with E-state index in [1.165, 1.54) is 5.56 Å². The molecule has 0 fully saturated rings. The number of nitrogens with zero attached hydrogens (tertiary/aromatic N) is 1. The Morgan fingerprint density at radius 3 is 2.50 bits per heavy atom. The Bertz CT molecular complexity index is 882. The minimum absolute atomic E-state index is 0.314. The lowest BCUT2D eigenvalue weighted by atomic mass is 10.00. The van der Waals surface area contributed by atoms with Crippen molar-refractivity contribution in [3.05, 3.63) is 65.2 Å². The Morgan fingerprint density at radius 2 is 1.83 bits per heavy atom. The number of aromatic nitrogens is 1. The van der Waals surface area contributed by atoms with Crippen molar-refractivity contribution in [3.63, 3.8) is 0 Å². The van der Waals surface area contributed by atoms with Gasteiger partial charge in [0.1, 0.15) is 0 Å². The number of rotatable bonds is 5. The predicted molar refractivity (Wildman–Crippen MR) is 97.5 cm³/mol. The normalized spacial score (nSPS) is 10.9. The summed E-state index contributed by atoms with van der Waals surface area (Å²) in [5.74, 6) is -0.914. The highest BCUT2D eigenvalue weighted by molar-refractivity contribution is 6.04. The molecule has 24 heavy (non-hydrogen) atoms. The minimum atomic E-state index is -0.914. The van der Waals surface area contributed by atoms with E-state index in [0.717, 1.165) is 35.9 Å². The van der Waals surface area contributed by atoms with Gasteiger partial charge in [-0.2, -0.15) is 0 Å². The zero-order valence-corrected chi connectivity index (χ0v) is 14.0. The Labute approximate surface area is 142 Å². The molecule has 0 bridgehead atoms. The Morgan fingerprint density at radius 1 is 1.08 bits per heavy atom. The highest BCUT2D eigenvalue weighted by Gasteiger charge is 2.13. The average Bonchev–Trinajstić information content (AvgIpc) is 2.59. The summed E-state index contributed by atoms with van der Waals surface area (Å²) in [5, 5.41) is 10.4. The zero-order valence-electron chi connectivity index (χ0n) is 14.0. The molecular weight excluding hydrogens is 298 g/mol. The fourth-order valence-electron chi connectivity index (χ4n) is 2.86. The van der Waals surface area contributed by atoms with Gasteiger partial charge in [-0.05, 0) is 43.5 Å². The molecule has 3 aromatic rings. The molecule has 1 N–H and O–H groups in total. The maximum atomic E-state index is 11.8. The molecule has 3 heteroatoms. The number of unbranched alkanes of at least 4 members (excludes halogenated alkanes) is 1. The number of pyridine rings is 1. The summed E-state index contributed by atoms with van der Waals surface area (Å²) in [5.41, 5.74) is 5.00. The van der Waals surface area contributed by atoms with Crippen LogP contribution in [0, 0.1) is 6.92 Å². The molecule has 2 aromatic carbocycles. The van der Waals surface area contributed by atoms with Crippen molar-refractivity contribution in [2.75, 3.05) is 0 Å². The summed E-state index contributed by atoms with van der Waals surface area (Å²) >= 11 is 0. The third-order valence-corrected chi connectivity index (χ3v) is 4.27. The van der Waals surface area contributed by atoms with Gasteiger partial charge in [0.15, 0.2) is 0 Å². The van der Waals surface area contributed by atoms with Crippen LogP contribution < -0.4 is 0 Å². The molecule has 0 atom stereocenters. The Balaban J connectivity index is 2.14. The van der Waals surface area contributed by atoms with E-state index in [0.29, 0.717) is 16.6 Å². The molecule has 0 radical (unpaired) electrons. The Hall–Kier alpha value is -2.68. The molecule has 0 amide bonds. The van der Waals surface area contributed by atoms with Gasteiger partial charge in [0.05, 0.1) is 16.8 Å². The number of aromatic carboxylic acids is 1. The lowest BCUT2D eigenvalue weighted by Gasteiger charge is -2.09. The quantitative estimate of drug-likeness (QED) is 0.698. The molecular formula is C21H21NO2. The molecule has 3 rings (SSSR count). The molecule has 0 saturated heterocycles. The van der Waals surface area contributed by atoms with E-state index in [9.17, 15) is 9.90 Å². The van der Waals surface area contributed by atoms with E-state index < -0.39 is 5.97 Å². The summed E-state index contributed by atoms with van der Waals surface area (Å²) in [7, 11) is 0. The standard InChI is InChI=1S/C21H21NO2/c1-3-4-5-15-8-11-19-17(12-15)18(21(23)24)13-20(22-19)16-9-6-14(2)7-10-16/h6-13H,3-5H2,1-2H3,(H,23,24). The third kappa shape index (κ3) is 3.30. The second-order valence-corrected chi connectivity index (χ2v) is 6.18. The van der Waals surface area contributed by atoms with Gasteiger partial charge in [0.25, 0.3) is 0 Å². The van der Waals surface area contributed by atoms with Crippen LogP contribution in [0.3, 0.4) is 0 Å². The van der Waals surface area contributed by atoms with Crippen molar-refractivity contribution in [3.8, 4) is 11.3 Å². The molecule has 0 aliphatic carbocycles. The molecule has 0 unspecified atom stereocenters. The molecule has 1 heterocycles. The number of hydrogen-bond acceptors (Lipinski definition) is 2. The van der Waals surface area contributed by atoms with Gasteiger partial charge in [-0.15, -0.1) is 0 Å². The highest BCUT2D eigenvalue weighted by atomic mass is 16.4. The van der Waals surface area contributed by atoms with Gasteiger partial charge in [-0.3, -0.25) is 0 Å². The smallest absolute Gasteiger partial charge is 0.336 e. The molecule has 3 nitrogen and oxygen atoms in total. The summed E-state index contributed by atoms with van der Waals surface area (Å²) in [6.45, 7) is 4.18. The molecule has 122 valence electrons. The van der Waals surface area contributed by atoms with Crippen LogP contribution >= 0.6 is 0 Å². The highest BCUT2D eigenvalue weighted by Crippen LogP contribution is 2.26. The average molecular weight is 319 g/mol. The minimum Gasteiger partial charge on any atom is -0.478 e. The van der Waals surface area contributed by atoms with Crippen LogP contribution in [0.4, 0.5) is 0 Å². The first-order valence-corrected chi connectivity index (χ1v) is 8.32. The van der Waals surface area contributed by atoms with Crippen molar-refractivity contribution in [2.24, 2.45) is 0 Å². The first kappa shape index (κ1) is 16.2. The maximum Gasteiger partial charge on any atom is 0.336 e. The van der Waals surface area contributed by atoms with Crippen LogP contribution in [0.1, 0.15) is 41.3 Å². The molecule has 0 spiro atoms. The summed E-state index contributed by atoms with van der Waals surface area (Å²) in [6.07, 6.45) is 3.18. The van der Waals surface area contributed by atoms with E-state index in [4.69, 9.17) is 0 Å². The summed E-state index contributed by atoms with van der Waals surface area (Å²) in [6, 6.07) is 15.6. The van der Waals surface area contributed by atoms with Gasteiger partial charge < -0.3 is 5.11 Å². The van der Waals surface area contributed by atoms with E-state index in [1.54, 1.807) is 6.07 Å². The number of hydrogen-bond donors (Lipinski definition) is 1. The summed E-state index contributed by atoms with van der Waals surface area (Å²) < 4.78 is 0. The van der Waals surface area contributed by atoms with Crippen molar-refractivity contribution in [1.29, 1.82) is 0 Å². The van der Waals surface area contributed by atoms with Crippen LogP contribution in [0.15, 0.2) is 48.5 Å². The van der Waals surface area contributed by atoms with Crippen LogP contribution in [0.25, 0.3) is 22.2 Å². The van der Waals surface area contributed by atoms with Crippen molar-refractivity contribution in [2.45, 2.75) is 33.1 Å². The Kier molecular flexibility index (Phi) is 4.61. The van der Waals surface area contributed by atoms with Crippen LogP contribution in [-0.2, 0) is 6.42 Å². The number of benzene rings is 2.